The zero-order valence-electron chi connectivity index (χ0n) is 12.1. The van der Waals surface area contributed by atoms with E-state index in [1.807, 2.05) is 0 Å². The number of carbonyl (C=O) groups excluding carboxylic acids is 1. The molecule has 1 saturated carbocycles. The van der Waals surface area contributed by atoms with Crippen molar-refractivity contribution in [2.75, 3.05) is 6.54 Å². The fraction of sp³-hybridized carbons (Fsp3) is 0.933. The molecule has 1 rings (SSSR count). The minimum atomic E-state index is 0.0564. The molecular formula is C15H30N2O. The van der Waals surface area contributed by atoms with Crippen LogP contribution in [0.5, 0.6) is 0 Å². The van der Waals surface area contributed by atoms with E-state index >= 15 is 0 Å². The first kappa shape index (κ1) is 15.5. The van der Waals surface area contributed by atoms with Crippen molar-refractivity contribution in [3.05, 3.63) is 0 Å². The number of unbranched alkanes of at least 4 members (excludes halogenated alkanes) is 3. The summed E-state index contributed by atoms with van der Waals surface area (Å²) in [5.41, 5.74) is 5.50. The maximum Gasteiger partial charge on any atom is 0.220 e. The van der Waals surface area contributed by atoms with Gasteiger partial charge in [0.05, 0.1) is 0 Å². The van der Waals surface area contributed by atoms with Crippen LogP contribution in [0.2, 0.25) is 0 Å². The molecule has 1 amide bonds. The van der Waals surface area contributed by atoms with E-state index in [1.54, 1.807) is 0 Å². The van der Waals surface area contributed by atoms with Gasteiger partial charge in [-0.15, -0.1) is 0 Å². The summed E-state index contributed by atoms with van der Waals surface area (Å²) in [5, 5.41) is 3.24. The molecule has 106 valence electrons. The zero-order valence-corrected chi connectivity index (χ0v) is 12.1. The molecule has 1 aliphatic rings. The maximum atomic E-state index is 11.9. The molecule has 18 heavy (non-hydrogen) atoms. The van der Waals surface area contributed by atoms with E-state index in [2.05, 4.69) is 19.2 Å². The minimum Gasteiger partial charge on any atom is -0.351 e. The van der Waals surface area contributed by atoms with E-state index in [0.717, 1.165) is 51.0 Å². The van der Waals surface area contributed by atoms with Crippen LogP contribution in [0.3, 0.4) is 0 Å². The lowest BCUT2D eigenvalue weighted by Crippen LogP contribution is -2.48. The fourth-order valence-electron chi connectivity index (χ4n) is 2.71. The first-order valence-electron chi connectivity index (χ1n) is 7.57. The molecule has 0 aromatic heterocycles. The Kier molecular flexibility index (Phi) is 6.69. The lowest BCUT2D eigenvalue weighted by Gasteiger charge is -2.37. The first-order chi connectivity index (χ1) is 8.56. The highest BCUT2D eigenvalue weighted by molar-refractivity contribution is 5.76. The Morgan fingerprint density at radius 3 is 2.44 bits per heavy atom. The molecule has 0 spiro atoms. The molecule has 0 bridgehead atoms. The van der Waals surface area contributed by atoms with E-state index in [-0.39, 0.29) is 11.4 Å². The van der Waals surface area contributed by atoms with E-state index in [0.29, 0.717) is 6.42 Å². The molecule has 0 aromatic rings. The summed E-state index contributed by atoms with van der Waals surface area (Å²) in [6, 6.07) is 0. The second kappa shape index (κ2) is 7.78. The van der Waals surface area contributed by atoms with E-state index in [9.17, 15) is 4.79 Å². The number of hydrogen-bond acceptors (Lipinski definition) is 2. The highest BCUT2D eigenvalue weighted by atomic mass is 16.1. The smallest absolute Gasteiger partial charge is 0.220 e. The topological polar surface area (TPSA) is 55.1 Å². The Bertz CT molecular complexity index is 245. The van der Waals surface area contributed by atoms with Crippen LogP contribution in [0.15, 0.2) is 0 Å². The van der Waals surface area contributed by atoms with Gasteiger partial charge in [-0.1, -0.05) is 19.8 Å². The van der Waals surface area contributed by atoms with Crippen molar-refractivity contribution < 1.29 is 4.79 Å². The van der Waals surface area contributed by atoms with Gasteiger partial charge >= 0.3 is 0 Å². The number of nitrogens with two attached hydrogens (primary N) is 1. The summed E-state index contributed by atoms with van der Waals surface area (Å²) in [5.74, 6) is 1.06. The number of nitrogens with one attached hydrogen (secondary N) is 1. The van der Waals surface area contributed by atoms with E-state index in [1.165, 1.54) is 12.8 Å². The Morgan fingerprint density at radius 1 is 1.22 bits per heavy atom. The molecule has 0 heterocycles. The van der Waals surface area contributed by atoms with E-state index < -0.39 is 0 Å². The van der Waals surface area contributed by atoms with Crippen molar-refractivity contribution in [1.29, 1.82) is 0 Å². The van der Waals surface area contributed by atoms with Gasteiger partial charge in [0, 0.05) is 12.0 Å². The molecule has 0 aromatic carbocycles. The van der Waals surface area contributed by atoms with Gasteiger partial charge in [-0.2, -0.15) is 0 Å². The van der Waals surface area contributed by atoms with Gasteiger partial charge in [0.15, 0.2) is 0 Å². The Labute approximate surface area is 112 Å². The molecule has 3 heteroatoms. The minimum absolute atomic E-state index is 0.0564. The van der Waals surface area contributed by atoms with Crippen LogP contribution in [-0.2, 0) is 4.79 Å². The summed E-state index contributed by atoms with van der Waals surface area (Å²) >= 11 is 0. The Balaban J connectivity index is 2.15. The van der Waals surface area contributed by atoms with Crippen LogP contribution >= 0.6 is 0 Å². The van der Waals surface area contributed by atoms with E-state index in [4.69, 9.17) is 5.73 Å². The molecular weight excluding hydrogens is 224 g/mol. The summed E-state index contributed by atoms with van der Waals surface area (Å²) in [6.07, 6.45) is 9.78. The van der Waals surface area contributed by atoms with Gasteiger partial charge in [-0.25, -0.2) is 0 Å². The fourth-order valence-corrected chi connectivity index (χ4v) is 2.71. The second-order valence-corrected chi connectivity index (χ2v) is 6.24. The molecule has 1 fully saturated rings. The van der Waals surface area contributed by atoms with Crippen molar-refractivity contribution in [3.8, 4) is 0 Å². The van der Waals surface area contributed by atoms with Crippen LogP contribution < -0.4 is 11.1 Å². The number of carbonyl (C=O) groups is 1. The quantitative estimate of drug-likeness (QED) is 0.686. The van der Waals surface area contributed by atoms with Gasteiger partial charge in [-0.05, 0) is 57.9 Å². The van der Waals surface area contributed by atoms with Crippen molar-refractivity contribution in [1.82, 2.24) is 5.32 Å². The molecule has 1 aliphatic carbocycles. The van der Waals surface area contributed by atoms with Gasteiger partial charge < -0.3 is 11.1 Å². The largest absolute Gasteiger partial charge is 0.351 e. The molecule has 0 radical (unpaired) electrons. The SMILES string of the molecule is CC1CCC(C)(NC(=O)CCCCCCN)CC1. The van der Waals surface area contributed by atoms with Gasteiger partial charge in [-0.3, -0.25) is 4.79 Å². The zero-order chi connectivity index (χ0) is 13.4. The standard InChI is InChI=1S/C15H30N2O/c1-13-8-10-15(2,11-9-13)17-14(18)7-5-3-4-6-12-16/h13H,3-12,16H2,1-2H3,(H,17,18). The molecule has 0 atom stereocenters. The first-order valence-corrected chi connectivity index (χ1v) is 7.57. The van der Waals surface area contributed by atoms with Crippen molar-refractivity contribution in [3.63, 3.8) is 0 Å². The van der Waals surface area contributed by atoms with Crippen LogP contribution in [0, 0.1) is 5.92 Å². The number of rotatable bonds is 7. The van der Waals surface area contributed by atoms with Crippen LogP contribution in [-0.4, -0.2) is 18.0 Å². The molecule has 0 unspecified atom stereocenters. The summed E-state index contributed by atoms with van der Waals surface area (Å²) < 4.78 is 0. The molecule has 3 N–H and O–H groups in total. The Hall–Kier alpha value is -0.570. The summed E-state index contributed by atoms with van der Waals surface area (Å²) in [4.78, 5) is 11.9. The second-order valence-electron chi connectivity index (χ2n) is 6.24. The van der Waals surface area contributed by atoms with Crippen LogP contribution in [0.1, 0.15) is 71.6 Å². The summed E-state index contributed by atoms with van der Waals surface area (Å²) in [6.45, 7) is 5.27. The van der Waals surface area contributed by atoms with Crippen molar-refractivity contribution in [2.24, 2.45) is 11.7 Å². The lowest BCUT2D eigenvalue weighted by atomic mass is 9.78. The number of amides is 1. The summed E-state index contributed by atoms with van der Waals surface area (Å²) in [7, 11) is 0. The third kappa shape index (κ3) is 5.85. The normalized spacial score (nSPS) is 28.1. The van der Waals surface area contributed by atoms with Gasteiger partial charge in [0.25, 0.3) is 0 Å². The van der Waals surface area contributed by atoms with Crippen molar-refractivity contribution in [2.45, 2.75) is 77.2 Å². The predicted molar refractivity (Wildman–Crippen MR) is 76.3 cm³/mol. The van der Waals surface area contributed by atoms with Gasteiger partial charge in [0.2, 0.25) is 5.91 Å². The van der Waals surface area contributed by atoms with Crippen molar-refractivity contribution >= 4 is 5.91 Å². The molecule has 0 saturated heterocycles. The average Bonchev–Trinajstić information content (AvgIpc) is 2.33. The third-order valence-corrected chi connectivity index (χ3v) is 4.18. The highest BCUT2D eigenvalue weighted by Gasteiger charge is 2.30. The third-order valence-electron chi connectivity index (χ3n) is 4.18. The highest BCUT2D eigenvalue weighted by Crippen LogP contribution is 2.31. The number of hydrogen-bond donors (Lipinski definition) is 2. The lowest BCUT2D eigenvalue weighted by molar-refractivity contribution is -0.123. The Morgan fingerprint density at radius 2 is 1.83 bits per heavy atom. The predicted octanol–water partition coefficient (Wildman–Crippen LogP) is 2.98. The molecule has 3 nitrogen and oxygen atoms in total. The molecule has 0 aliphatic heterocycles. The van der Waals surface area contributed by atoms with Crippen LogP contribution in [0.4, 0.5) is 0 Å². The van der Waals surface area contributed by atoms with Gasteiger partial charge in [0.1, 0.15) is 0 Å². The monoisotopic (exact) mass is 254 g/mol. The van der Waals surface area contributed by atoms with Crippen LogP contribution in [0.25, 0.3) is 0 Å². The average molecular weight is 254 g/mol. The maximum absolute atomic E-state index is 11.9.